The van der Waals surface area contributed by atoms with Gasteiger partial charge in [0.15, 0.2) is 0 Å². The van der Waals surface area contributed by atoms with Crippen LogP contribution < -0.4 is 0 Å². The average Bonchev–Trinajstić information content (AvgIpc) is 2.71. The monoisotopic (exact) mass is 462 g/mol. The summed E-state index contributed by atoms with van der Waals surface area (Å²) >= 11 is 0. The first-order valence-corrected chi connectivity index (χ1v) is 11.9. The molecule has 2 aromatic rings. The Morgan fingerprint density at radius 2 is 1.03 bits per heavy atom. The summed E-state index contributed by atoms with van der Waals surface area (Å²) in [6.45, 7) is 16.5. The van der Waals surface area contributed by atoms with Gasteiger partial charge in [-0.1, -0.05) is 52.0 Å². The van der Waals surface area contributed by atoms with Crippen molar-refractivity contribution < 1.29 is 18.6 Å². The van der Waals surface area contributed by atoms with E-state index >= 15 is 0 Å². The molecule has 2 nitrogen and oxygen atoms in total. The molecule has 4 heteroatoms. The number of benzene rings is 2. The predicted octanol–water partition coefficient (Wildman–Crippen LogP) is 7.48. The first kappa shape index (κ1) is 29.3. The third kappa shape index (κ3) is 9.93. The molecule has 0 radical (unpaired) electrons. The summed E-state index contributed by atoms with van der Waals surface area (Å²) in [5, 5.41) is 10.1. The number of ether oxygens (including phenoxy) is 1. The van der Waals surface area contributed by atoms with Crippen molar-refractivity contribution >= 4 is 0 Å². The van der Waals surface area contributed by atoms with E-state index in [0.717, 1.165) is 24.0 Å². The topological polar surface area (TPSA) is 29.5 Å². The molecule has 0 amide bonds. The summed E-state index contributed by atoms with van der Waals surface area (Å²) in [5.74, 6) is 1.12. The van der Waals surface area contributed by atoms with Crippen LogP contribution in [0.4, 0.5) is 8.78 Å². The Kier molecular flexibility index (Phi) is 11.2. The lowest BCUT2D eigenvalue weighted by atomic mass is 9.78. The fraction of sp³-hybridized carbons (Fsp3) is 0.586. The van der Waals surface area contributed by atoms with Crippen LogP contribution in [0.3, 0.4) is 0 Å². The Hall–Kier alpha value is -1.78. The van der Waals surface area contributed by atoms with Crippen molar-refractivity contribution in [2.24, 2.45) is 23.7 Å². The molecule has 0 aromatic heterocycles. The molecular formula is C29H44F2O2. The van der Waals surface area contributed by atoms with Gasteiger partial charge < -0.3 is 9.84 Å². The molecule has 0 bridgehead atoms. The van der Waals surface area contributed by atoms with Gasteiger partial charge in [-0.2, -0.15) is 0 Å². The molecule has 0 aliphatic carbocycles. The number of methoxy groups -OCH3 is 1. The summed E-state index contributed by atoms with van der Waals surface area (Å²) in [6, 6.07) is 13.3. The highest BCUT2D eigenvalue weighted by Gasteiger charge is 2.32. The molecule has 2 aromatic carbocycles. The second-order valence-electron chi connectivity index (χ2n) is 10.8. The lowest BCUT2D eigenvalue weighted by Gasteiger charge is -2.36. The quantitative estimate of drug-likeness (QED) is 0.419. The van der Waals surface area contributed by atoms with Crippen LogP contribution in [-0.4, -0.2) is 23.4 Å². The molecule has 186 valence electrons. The van der Waals surface area contributed by atoms with Gasteiger partial charge in [-0.25, -0.2) is 8.78 Å². The molecule has 33 heavy (non-hydrogen) atoms. The minimum atomic E-state index is -0.706. The van der Waals surface area contributed by atoms with Crippen LogP contribution in [0, 0.1) is 35.3 Å². The van der Waals surface area contributed by atoms with E-state index < -0.39 is 5.60 Å². The number of hydrogen-bond donors (Lipinski definition) is 1. The second kappa shape index (κ2) is 12.6. The Bertz CT molecular complexity index is 803. The van der Waals surface area contributed by atoms with Crippen molar-refractivity contribution in [3.8, 4) is 0 Å². The molecule has 2 rings (SSSR count). The number of hydrogen-bond acceptors (Lipinski definition) is 2. The maximum absolute atomic E-state index is 12.9. The van der Waals surface area contributed by atoms with Gasteiger partial charge in [0.2, 0.25) is 0 Å². The molecule has 0 aliphatic rings. The Morgan fingerprint density at radius 3 is 1.30 bits per heavy atom. The van der Waals surface area contributed by atoms with Crippen LogP contribution in [0.1, 0.15) is 66.5 Å². The van der Waals surface area contributed by atoms with E-state index in [1.54, 1.807) is 19.2 Å². The van der Waals surface area contributed by atoms with Gasteiger partial charge in [0.25, 0.3) is 0 Å². The van der Waals surface area contributed by atoms with Gasteiger partial charge in [0.1, 0.15) is 11.6 Å². The molecule has 0 spiro atoms. The number of aliphatic hydroxyl groups is 1. The zero-order valence-electron chi connectivity index (χ0n) is 22.0. The van der Waals surface area contributed by atoms with E-state index in [2.05, 4.69) is 41.5 Å². The van der Waals surface area contributed by atoms with Crippen LogP contribution in [0.2, 0.25) is 0 Å². The summed E-state index contributed by atoms with van der Waals surface area (Å²) in [4.78, 5) is 0. The van der Waals surface area contributed by atoms with Crippen LogP contribution in [0.5, 0.6) is 0 Å². The third-order valence-electron chi connectivity index (χ3n) is 6.67. The molecule has 2 atom stereocenters. The molecule has 0 heterocycles. The van der Waals surface area contributed by atoms with Crippen LogP contribution in [0.25, 0.3) is 0 Å². The first-order chi connectivity index (χ1) is 15.2. The van der Waals surface area contributed by atoms with Crippen molar-refractivity contribution in [2.75, 3.05) is 7.11 Å². The summed E-state index contributed by atoms with van der Waals surface area (Å²) in [5.41, 5.74) is 1.36. The normalized spacial score (nSPS) is 14.1. The van der Waals surface area contributed by atoms with E-state index in [0.29, 0.717) is 17.8 Å². The standard InChI is InChI=1S/C15H23FO.C14H21FO/c1-11(2)14(15(3,4)17-5)10-12-6-8-13(16)9-7-12;1-10(2)13(14(3,4)16)9-11-5-7-12(15)8-6-11/h6-9,11,14H,10H2,1-5H3;5-8,10,13,16H,9H2,1-4H3/t14-;13-/m00/s1. The largest absolute Gasteiger partial charge is 0.390 e. The summed E-state index contributed by atoms with van der Waals surface area (Å²) in [6.07, 6.45) is 1.69. The summed E-state index contributed by atoms with van der Waals surface area (Å²) < 4.78 is 31.2. The predicted molar refractivity (Wildman–Crippen MR) is 134 cm³/mol. The highest BCUT2D eigenvalue weighted by Crippen LogP contribution is 2.31. The molecular weight excluding hydrogens is 418 g/mol. The van der Waals surface area contributed by atoms with E-state index in [1.807, 2.05) is 26.0 Å². The minimum Gasteiger partial charge on any atom is -0.390 e. The van der Waals surface area contributed by atoms with E-state index in [-0.39, 0.29) is 23.2 Å². The fourth-order valence-electron chi connectivity index (χ4n) is 4.49. The lowest BCUT2D eigenvalue weighted by Crippen LogP contribution is -2.38. The van der Waals surface area contributed by atoms with Crippen molar-refractivity contribution in [1.29, 1.82) is 0 Å². The lowest BCUT2D eigenvalue weighted by molar-refractivity contribution is -0.0437. The fourth-order valence-corrected chi connectivity index (χ4v) is 4.49. The molecule has 0 fully saturated rings. The Balaban J connectivity index is 0.000000331. The third-order valence-corrected chi connectivity index (χ3v) is 6.67. The highest BCUT2D eigenvalue weighted by molar-refractivity contribution is 5.18. The number of halogens is 2. The Morgan fingerprint density at radius 1 is 0.697 bits per heavy atom. The average molecular weight is 463 g/mol. The van der Waals surface area contributed by atoms with Crippen LogP contribution in [-0.2, 0) is 17.6 Å². The maximum Gasteiger partial charge on any atom is 0.123 e. The van der Waals surface area contributed by atoms with Gasteiger partial charge in [0, 0.05) is 7.11 Å². The van der Waals surface area contributed by atoms with Crippen LogP contribution >= 0.6 is 0 Å². The van der Waals surface area contributed by atoms with Gasteiger partial charge in [0.05, 0.1) is 11.2 Å². The smallest absolute Gasteiger partial charge is 0.123 e. The molecule has 0 saturated heterocycles. The van der Waals surface area contributed by atoms with E-state index in [4.69, 9.17) is 4.74 Å². The van der Waals surface area contributed by atoms with Crippen molar-refractivity contribution in [1.82, 2.24) is 0 Å². The van der Waals surface area contributed by atoms with Crippen molar-refractivity contribution in [3.05, 3.63) is 71.3 Å². The van der Waals surface area contributed by atoms with Gasteiger partial charge in [-0.15, -0.1) is 0 Å². The zero-order chi connectivity index (χ0) is 25.4. The highest BCUT2D eigenvalue weighted by atomic mass is 19.1. The maximum atomic E-state index is 12.9. The molecule has 0 unspecified atom stereocenters. The van der Waals surface area contributed by atoms with Crippen LogP contribution in [0.15, 0.2) is 48.5 Å². The first-order valence-electron chi connectivity index (χ1n) is 11.9. The van der Waals surface area contributed by atoms with Crippen molar-refractivity contribution in [3.63, 3.8) is 0 Å². The second-order valence-corrected chi connectivity index (χ2v) is 10.8. The van der Waals surface area contributed by atoms with E-state index in [9.17, 15) is 13.9 Å². The summed E-state index contributed by atoms with van der Waals surface area (Å²) in [7, 11) is 1.75. The number of rotatable bonds is 9. The van der Waals surface area contributed by atoms with E-state index in [1.165, 1.54) is 24.3 Å². The Labute approximate surface area is 200 Å². The molecule has 1 N–H and O–H groups in total. The van der Waals surface area contributed by atoms with Gasteiger partial charge in [-0.05, 0) is 99.6 Å². The zero-order valence-corrected chi connectivity index (χ0v) is 22.0. The van der Waals surface area contributed by atoms with Gasteiger partial charge >= 0.3 is 0 Å². The molecule has 0 aliphatic heterocycles. The van der Waals surface area contributed by atoms with Crippen molar-refractivity contribution in [2.45, 2.75) is 79.4 Å². The molecule has 0 saturated carbocycles. The minimum absolute atomic E-state index is 0.164. The van der Waals surface area contributed by atoms with Gasteiger partial charge in [-0.3, -0.25) is 0 Å². The SMILES string of the molecule is CC(C)[C@H](Cc1ccc(F)cc1)C(C)(C)O.COC(C)(C)[C@@H](Cc1ccc(F)cc1)C(C)C.